The summed E-state index contributed by atoms with van der Waals surface area (Å²) in [5.41, 5.74) is 7.98. The predicted molar refractivity (Wildman–Crippen MR) is 62.6 cm³/mol. The Morgan fingerprint density at radius 1 is 1.60 bits per heavy atom. The molecule has 0 amide bonds. The van der Waals surface area contributed by atoms with Gasteiger partial charge in [0.15, 0.2) is 5.96 Å². The highest BCUT2D eigenvalue weighted by Crippen LogP contribution is 2.05. The van der Waals surface area contributed by atoms with Crippen LogP contribution in [0.4, 0.5) is 0 Å². The average Bonchev–Trinajstić information content (AvgIpc) is 2.15. The first-order valence-corrected chi connectivity index (χ1v) is 5.05. The maximum Gasteiger partial charge on any atom is 0.189 e. The van der Waals surface area contributed by atoms with E-state index < -0.39 is 0 Å². The molecule has 3 N–H and O–H groups in total. The number of hydrogen-bond acceptors (Lipinski definition) is 2. The minimum atomic E-state index is 0.309. The molecule has 1 aromatic rings. The number of hydrogen-bond donors (Lipinski definition) is 2. The number of nitrogens with two attached hydrogens (primary N) is 1. The molecule has 15 heavy (non-hydrogen) atoms. The minimum absolute atomic E-state index is 0.309. The Morgan fingerprint density at radius 3 is 2.93 bits per heavy atom. The van der Waals surface area contributed by atoms with Crippen molar-refractivity contribution in [1.29, 1.82) is 0 Å². The zero-order chi connectivity index (χ0) is 11.3. The summed E-state index contributed by atoms with van der Waals surface area (Å²) in [6, 6.07) is 2.28. The molecule has 4 heteroatoms. The van der Waals surface area contributed by atoms with Crippen molar-refractivity contribution in [3.63, 3.8) is 0 Å². The maximum atomic E-state index is 5.69. The summed E-state index contributed by atoms with van der Waals surface area (Å²) in [7, 11) is 0. The molecule has 0 saturated heterocycles. The molecule has 0 aromatic carbocycles. The van der Waals surface area contributed by atoms with Crippen LogP contribution < -0.4 is 11.1 Å². The number of aryl methyl sites for hydroxylation is 1. The first-order valence-electron chi connectivity index (χ1n) is 5.05. The molecular formula is C11H18N4. The number of pyridine rings is 1. The van der Waals surface area contributed by atoms with E-state index in [-0.39, 0.29) is 0 Å². The van der Waals surface area contributed by atoms with E-state index in [0.29, 0.717) is 18.5 Å². The molecule has 0 aliphatic carbocycles. The first kappa shape index (κ1) is 11.5. The van der Waals surface area contributed by atoms with Gasteiger partial charge in [0, 0.05) is 18.4 Å². The molecule has 0 atom stereocenters. The number of aromatic nitrogens is 1. The van der Waals surface area contributed by atoms with Gasteiger partial charge < -0.3 is 11.1 Å². The Balaban J connectivity index is 2.60. The summed E-state index contributed by atoms with van der Waals surface area (Å²) in [6.45, 7) is 6.67. The fourth-order valence-electron chi connectivity index (χ4n) is 1.17. The van der Waals surface area contributed by atoms with E-state index in [9.17, 15) is 0 Å². The van der Waals surface area contributed by atoms with Crippen LogP contribution in [0.5, 0.6) is 0 Å². The molecule has 0 radical (unpaired) electrons. The van der Waals surface area contributed by atoms with Crippen molar-refractivity contribution >= 4 is 5.96 Å². The summed E-state index contributed by atoms with van der Waals surface area (Å²) in [6.07, 6.45) is 3.60. The summed E-state index contributed by atoms with van der Waals surface area (Å²) in [4.78, 5) is 8.29. The van der Waals surface area contributed by atoms with Crippen LogP contribution in [0.2, 0.25) is 0 Å². The molecule has 1 rings (SSSR count). The molecule has 0 bridgehead atoms. The highest BCUT2D eigenvalue weighted by Gasteiger charge is 1.98. The van der Waals surface area contributed by atoms with E-state index >= 15 is 0 Å². The van der Waals surface area contributed by atoms with Crippen molar-refractivity contribution in [3.05, 3.63) is 29.6 Å². The second-order valence-corrected chi connectivity index (χ2v) is 3.80. The van der Waals surface area contributed by atoms with Crippen molar-refractivity contribution in [3.8, 4) is 0 Å². The van der Waals surface area contributed by atoms with E-state index in [4.69, 9.17) is 5.73 Å². The molecule has 0 fully saturated rings. The number of nitrogens with one attached hydrogen (secondary N) is 1. The SMILES string of the molecule is Cc1ccncc1CN=C(N)NC(C)C. The number of nitrogens with zero attached hydrogens (tertiary/aromatic N) is 2. The highest BCUT2D eigenvalue weighted by atomic mass is 15.1. The fraction of sp³-hybridized carbons (Fsp3) is 0.455. The molecule has 1 heterocycles. The molecule has 0 aliphatic heterocycles. The minimum Gasteiger partial charge on any atom is -0.370 e. The lowest BCUT2D eigenvalue weighted by Gasteiger charge is -2.08. The van der Waals surface area contributed by atoms with Gasteiger partial charge in [0.2, 0.25) is 0 Å². The molecule has 82 valence electrons. The third kappa shape index (κ3) is 3.97. The zero-order valence-electron chi connectivity index (χ0n) is 9.49. The van der Waals surface area contributed by atoms with Crippen LogP contribution in [0.1, 0.15) is 25.0 Å². The van der Waals surface area contributed by atoms with Gasteiger partial charge in [0.1, 0.15) is 0 Å². The normalized spacial score (nSPS) is 11.9. The predicted octanol–water partition coefficient (Wildman–Crippen LogP) is 1.20. The highest BCUT2D eigenvalue weighted by molar-refractivity contribution is 5.78. The Hall–Kier alpha value is -1.58. The van der Waals surface area contributed by atoms with Crippen LogP contribution in [0.25, 0.3) is 0 Å². The van der Waals surface area contributed by atoms with Crippen LogP contribution in [-0.4, -0.2) is 17.0 Å². The van der Waals surface area contributed by atoms with Crippen LogP contribution in [0.3, 0.4) is 0 Å². The largest absolute Gasteiger partial charge is 0.370 e. The maximum absolute atomic E-state index is 5.69. The monoisotopic (exact) mass is 206 g/mol. The van der Waals surface area contributed by atoms with E-state index in [1.165, 1.54) is 5.56 Å². The average molecular weight is 206 g/mol. The van der Waals surface area contributed by atoms with Gasteiger partial charge in [-0.25, -0.2) is 4.99 Å². The summed E-state index contributed by atoms with van der Waals surface area (Å²) in [5.74, 6) is 0.480. The molecule has 0 saturated carbocycles. The quantitative estimate of drug-likeness (QED) is 0.577. The van der Waals surface area contributed by atoms with Gasteiger partial charge in [0.25, 0.3) is 0 Å². The number of rotatable bonds is 3. The van der Waals surface area contributed by atoms with Crippen LogP contribution in [-0.2, 0) is 6.54 Å². The van der Waals surface area contributed by atoms with Gasteiger partial charge in [-0.2, -0.15) is 0 Å². The van der Waals surface area contributed by atoms with E-state index in [1.807, 2.05) is 33.0 Å². The Morgan fingerprint density at radius 2 is 2.33 bits per heavy atom. The number of guanidine groups is 1. The fourth-order valence-corrected chi connectivity index (χ4v) is 1.17. The van der Waals surface area contributed by atoms with Gasteiger partial charge in [-0.05, 0) is 38.0 Å². The van der Waals surface area contributed by atoms with Crippen molar-refractivity contribution in [2.24, 2.45) is 10.7 Å². The molecule has 0 unspecified atom stereocenters. The van der Waals surface area contributed by atoms with Crippen molar-refractivity contribution < 1.29 is 0 Å². The lowest BCUT2D eigenvalue weighted by Crippen LogP contribution is -2.36. The third-order valence-electron chi connectivity index (χ3n) is 2.00. The van der Waals surface area contributed by atoms with Crippen LogP contribution >= 0.6 is 0 Å². The Bertz CT molecular complexity index is 344. The topological polar surface area (TPSA) is 63.3 Å². The summed E-state index contributed by atoms with van der Waals surface area (Å²) < 4.78 is 0. The molecule has 4 nitrogen and oxygen atoms in total. The smallest absolute Gasteiger partial charge is 0.189 e. The second-order valence-electron chi connectivity index (χ2n) is 3.80. The zero-order valence-corrected chi connectivity index (χ0v) is 9.49. The second kappa shape index (κ2) is 5.34. The van der Waals surface area contributed by atoms with Gasteiger partial charge in [-0.1, -0.05) is 0 Å². The van der Waals surface area contributed by atoms with Gasteiger partial charge in [-0.3, -0.25) is 4.98 Å². The van der Waals surface area contributed by atoms with Crippen LogP contribution in [0, 0.1) is 6.92 Å². The van der Waals surface area contributed by atoms with E-state index in [2.05, 4.69) is 15.3 Å². The van der Waals surface area contributed by atoms with E-state index in [1.54, 1.807) is 6.20 Å². The van der Waals surface area contributed by atoms with Gasteiger partial charge in [0.05, 0.1) is 6.54 Å². The standard InChI is InChI=1S/C11H18N4/c1-8(2)15-11(12)14-7-10-6-13-5-4-9(10)3/h4-6,8H,7H2,1-3H3,(H3,12,14,15). The third-order valence-corrected chi connectivity index (χ3v) is 2.00. The molecule has 0 spiro atoms. The Labute approximate surface area is 90.6 Å². The van der Waals surface area contributed by atoms with Crippen LogP contribution in [0.15, 0.2) is 23.5 Å². The lowest BCUT2D eigenvalue weighted by atomic mass is 10.2. The molecule has 1 aromatic heterocycles. The summed E-state index contributed by atoms with van der Waals surface area (Å²) >= 11 is 0. The number of aliphatic imine (C=N–C) groups is 1. The van der Waals surface area contributed by atoms with E-state index in [0.717, 1.165) is 5.56 Å². The molecule has 0 aliphatic rings. The Kier molecular flexibility index (Phi) is 4.09. The summed E-state index contributed by atoms with van der Waals surface area (Å²) in [5, 5.41) is 3.04. The van der Waals surface area contributed by atoms with Gasteiger partial charge >= 0.3 is 0 Å². The van der Waals surface area contributed by atoms with Gasteiger partial charge in [-0.15, -0.1) is 0 Å². The van der Waals surface area contributed by atoms with Crippen molar-refractivity contribution in [1.82, 2.24) is 10.3 Å². The van der Waals surface area contributed by atoms with Crippen molar-refractivity contribution in [2.45, 2.75) is 33.4 Å². The molecular weight excluding hydrogens is 188 g/mol. The van der Waals surface area contributed by atoms with Crippen molar-refractivity contribution in [2.75, 3.05) is 0 Å². The lowest BCUT2D eigenvalue weighted by molar-refractivity contribution is 0.723. The first-order chi connectivity index (χ1) is 7.09.